The fourth-order valence-corrected chi connectivity index (χ4v) is 3.34. The van der Waals surface area contributed by atoms with Crippen molar-refractivity contribution in [3.8, 4) is 11.3 Å². The molecule has 26 heavy (non-hydrogen) atoms. The van der Waals surface area contributed by atoms with E-state index in [-0.39, 0.29) is 11.7 Å². The van der Waals surface area contributed by atoms with Crippen molar-refractivity contribution in [2.45, 2.75) is 39.2 Å². The molecule has 1 N–H and O–H groups in total. The van der Waals surface area contributed by atoms with Crippen LogP contribution in [-0.4, -0.2) is 10.9 Å². The van der Waals surface area contributed by atoms with Crippen LogP contribution < -0.4 is 5.32 Å². The van der Waals surface area contributed by atoms with Crippen LogP contribution in [0.4, 0.5) is 4.39 Å². The summed E-state index contributed by atoms with van der Waals surface area (Å²) in [5, 5.41) is 5.92. The molecule has 0 atom stereocenters. The zero-order valence-electron chi connectivity index (χ0n) is 14.8. The standard InChI is InChI=1S/C20H21FN2O2S/c1-13(2)20-23-14(12-26-20)11-22-19(24)10-8-15-7-9-18(25-15)16-5-3-4-6-17(16)21/h3-7,9,12-13H,8,10-11H2,1-2H3,(H,22,24). The molecule has 2 aromatic heterocycles. The number of hydrogen-bond acceptors (Lipinski definition) is 4. The molecule has 0 saturated heterocycles. The highest BCUT2D eigenvalue weighted by atomic mass is 32.1. The van der Waals surface area contributed by atoms with E-state index < -0.39 is 0 Å². The Bertz CT molecular complexity index is 885. The van der Waals surface area contributed by atoms with Crippen molar-refractivity contribution in [2.75, 3.05) is 0 Å². The Kier molecular flexibility index (Phi) is 5.83. The summed E-state index contributed by atoms with van der Waals surface area (Å²) in [6.45, 7) is 4.63. The van der Waals surface area contributed by atoms with E-state index in [0.717, 1.165) is 10.7 Å². The average Bonchev–Trinajstić information content (AvgIpc) is 3.28. The summed E-state index contributed by atoms with van der Waals surface area (Å²) in [6, 6.07) is 9.98. The zero-order chi connectivity index (χ0) is 18.5. The number of halogens is 1. The Hall–Kier alpha value is -2.47. The predicted octanol–water partition coefficient (Wildman–Crippen LogP) is 4.91. The lowest BCUT2D eigenvalue weighted by Gasteiger charge is -2.03. The van der Waals surface area contributed by atoms with Crippen molar-refractivity contribution in [1.29, 1.82) is 0 Å². The second-order valence-electron chi connectivity index (χ2n) is 6.35. The van der Waals surface area contributed by atoms with Gasteiger partial charge < -0.3 is 9.73 Å². The van der Waals surface area contributed by atoms with E-state index >= 15 is 0 Å². The Labute approximate surface area is 156 Å². The molecule has 0 unspecified atom stereocenters. The number of benzene rings is 1. The molecule has 0 radical (unpaired) electrons. The van der Waals surface area contributed by atoms with Crippen LogP contribution in [0.2, 0.25) is 0 Å². The molecule has 0 spiro atoms. The van der Waals surface area contributed by atoms with Crippen LogP contribution in [0.5, 0.6) is 0 Å². The van der Waals surface area contributed by atoms with Crippen molar-refractivity contribution in [3.63, 3.8) is 0 Å². The van der Waals surface area contributed by atoms with Gasteiger partial charge in [-0.2, -0.15) is 0 Å². The largest absolute Gasteiger partial charge is 0.461 e. The number of amides is 1. The van der Waals surface area contributed by atoms with Gasteiger partial charge in [0.1, 0.15) is 17.3 Å². The quantitative estimate of drug-likeness (QED) is 0.641. The first-order valence-electron chi connectivity index (χ1n) is 8.57. The minimum Gasteiger partial charge on any atom is -0.461 e. The van der Waals surface area contributed by atoms with Crippen molar-refractivity contribution < 1.29 is 13.6 Å². The summed E-state index contributed by atoms with van der Waals surface area (Å²) in [7, 11) is 0. The van der Waals surface area contributed by atoms with E-state index in [1.165, 1.54) is 6.07 Å². The smallest absolute Gasteiger partial charge is 0.220 e. The third-order valence-electron chi connectivity index (χ3n) is 3.93. The van der Waals surface area contributed by atoms with Crippen LogP contribution in [0.15, 0.2) is 46.2 Å². The van der Waals surface area contributed by atoms with E-state index in [1.807, 2.05) is 5.38 Å². The van der Waals surface area contributed by atoms with Crippen molar-refractivity contribution in [1.82, 2.24) is 10.3 Å². The van der Waals surface area contributed by atoms with Gasteiger partial charge in [-0.25, -0.2) is 9.37 Å². The SMILES string of the molecule is CC(C)c1nc(CNC(=O)CCc2ccc(-c3ccccc3F)o2)cs1. The predicted molar refractivity (Wildman–Crippen MR) is 100 cm³/mol. The first-order valence-corrected chi connectivity index (χ1v) is 9.45. The molecule has 0 saturated carbocycles. The van der Waals surface area contributed by atoms with Gasteiger partial charge in [0.05, 0.1) is 22.8 Å². The summed E-state index contributed by atoms with van der Waals surface area (Å²) < 4.78 is 19.4. The monoisotopic (exact) mass is 372 g/mol. The third kappa shape index (κ3) is 4.58. The van der Waals surface area contributed by atoms with E-state index in [4.69, 9.17) is 4.42 Å². The van der Waals surface area contributed by atoms with Crippen LogP contribution in [-0.2, 0) is 17.8 Å². The lowest BCUT2D eigenvalue weighted by atomic mass is 10.1. The number of nitrogens with zero attached hydrogens (tertiary/aromatic N) is 1. The number of hydrogen-bond donors (Lipinski definition) is 1. The van der Waals surface area contributed by atoms with Crippen molar-refractivity contribution in [2.24, 2.45) is 0 Å². The molecule has 0 fully saturated rings. The second-order valence-corrected chi connectivity index (χ2v) is 7.24. The highest BCUT2D eigenvalue weighted by molar-refractivity contribution is 7.09. The maximum Gasteiger partial charge on any atom is 0.220 e. The second kappa shape index (κ2) is 8.27. The number of furan rings is 1. The van der Waals surface area contributed by atoms with Crippen LogP contribution in [0.3, 0.4) is 0 Å². The molecule has 0 aliphatic carbocycles. The fraction of sp³-hybridized carbons (Fsp3) is 0.300. The Morgan fingerprint density at radius 2 is 2.08 bits per heavy atom. The number of aromatic nitrogens is 1. The number of aryl methyl sites for hydroxylation is 1. The molecular formula is C20H21FN2O2S. The highest BCUT2D eigenvalue weighted by Crippen LogP contribution is 2.25. The maximum atomic E-state index is 13.8. The summed E-state index contributed by atoms with van der Waals surface area (Å²) >= 11 is 1.61. The summed E-state index contributed by atoms with van der Waals surface area (Å²) in [6.07, 6.45) is 0.778. The first-order chi connectivity index (χ1) is 12.5. The maximum absolute atomic E-state index is 13.8. The number of nitrogens with one attached hydrogen (secondary N) is 1. The number of rotatable bonds is 7. The third-order valence-corrected chi connectivity index (χ3v) is 5.12. The zero-order valence-corrected chi connectivity index (χ0v) is 15.6. The van der Waals surface area contributed by atoms with Crippen LogP contribution in [0.25, 0.3) is 11.3 Å². The summed E-state index contributed by atoms with van der Waals surface area (Å²) in [5.41, 5.74) is 1.31. The molecule has 1 amide bonds. The molecule has 6 heteroatoms. The number of thiazole rings is 1. The Morgan fingerprint density at radius 1 is 1.27 bits per heavy atom. The van der Waals surface area contributed by atoms with Crippen LogP contribution in [0.1, 0.15) is 42.6 Å². The number of carbonyl (C=O) groups is 1. The minimum absolute atomic E-state index is 0.0621. The van der Waals surface area contributed by atoms with Gasteiger partial charge in [-0.05, 0) is 24.3 Å². The number of carbonyl (C=O) groups excluding carboxylic acids is 1. The van der Waals surface area contributed by atoms with Gasteiger partial charge in [-0.3, -0.25) is 4.79 Å². The van der Waals surface area contributed by atoms with Gasteiger partial charge in [0.15, 0.2) is 0 Å². The van der Waals surface area contributed by atoms with E-state index in [0.29, 0.717) is 42.4 Å². The van der Waals surface area contributed by atoms with Gasteiger partial charge in [-0.1, -0.05) is 26.0 Å². The van der Waals surface area contributed by atoms with Crippen molar-refractivity contribution >= 4 is 17.2 Å². The molecule has 0 aliphatic rings. The van der Waals surface area contributed by atoms with Crippen LogP contribution >= 0.6 is 11.3 Å². The lowest BCUT2D eigenvalue weighted by Crippen LogP contribution is -2.23. The van der Waals surface area contributed by atoms with Gasteiger partial charge in [0.25, 0.3) is 0 Å². The molecule has 1 aromatic carbocycles. The van der Waals surface area contributed by atoms with Gasteiger partial charge in [0, 0.05) is 24.1 Å². The highest BCUT2D eigenvalue weighted by Gasteiger charge is 2.11. The van der Waals surface area contributed by atoms with Gasteiger partial charge in [0.2, 0.25) is 5.91 Å². The normalized spacial score (nSPS) is 11.1. The Morgan fingerprint density at radius 3 is 2.81 bits per heavy atom. The topological polar surface area (TPSA) is 55.1 Å². The van der Waals surface area contributed by atoms with Crippen LogP contribution in [0, 0.1) is 5.82 Å². The summed E-state index contributed by atoms with van der Waals surface area (Å²) in [4.78, 5) is 16.5. The van der Waals surface area contributed by atoms with E-state index in [2.05, 4.69) is 24.1 Å². The van der Waals surface area contributed by atoms with Gasteiger partial charge in [-0.15, -0.1) is 11.3 Å². The molecule has 3 aromatic rings. The van der Waals surface area contributed by atoms with Crippen molar-refractivity contribution in [3.05, 3.63) is 64.1 Å². The Balaban J connectivity index is 1.49. The lowest BCUT2D eigenvalue weighted by molar-refractivity contribution is -0.121. The fourth-order valence-electron chi connectivity index (χ4n) is 2.50. The molecule has 3 rings (SSSR count). The average molecular weight is 372 g/mol. The molecule has 0 aliphatic heterocycles. The molecule has 0 bridgehead atoms. The molecule has 4 nitrogen and oxygen atoms in total. The first kappa shape index (κ1) is 18.3. The summed E-state index contributed by atoms with van der Waals surface area (Å²) in [5.74, 6) is 1.14. The van der Waals surface area contributed by atoms with E-state index in [9.17, 15) is 9.18 Å². The van der Waals surface area contributed by atoms with Gasteiger partial charge >= 0.3 is 0 Å². The minimum atomic E-state index is -0.324. The molecule has 136 valence electrons. The molecule has 2 heterocycles. The molecular weight excluding hydrogens is 351 g/mol. The van der Waals surface area contributed by atoms with E-state index in [1.54, 1.807) is 41.7 Å².